The fraction of sp³-hybridized carbons (Fsp3) is 0.333. The number of hydrogen-bond acceptors (Lipinski definition) is 14. The number of halogens is 1. The molecule has 1 saturated heterocycles. The summed E-state index contributed by atoms with van der Waals surface area (Å²) < 4.78 is 0.0770. The predicted molar refractivity (Wildman–Crippen MR) is 173 cm³/mol. The predicted octanol–water partition coefficient (Wildman–Crippen LogP) is 0.158. The van der Waals surface area contributed by atoms with E-state index in [1.54, 1.807) is 0 Å². The lowest BCUT2D eigenvalue weighted by atomic mass is 10.0. The van der Waals surface area contributed by atoms with Gasteiger partial charge in [-0.3, -0.25) is 24.1 Å². The lowest BCUT2D eigenvalue weighted by Crippen LogP contribution is -2.71. The number of aliphatic carboxylic acids is 2. The summed E-state index contributed by atoms with van der Waals surface area (Å²) in [6, 6.07) is 1.12. The van der Waals surface area contributed by atoms with Crippen LogP contribution in [-0.4, -0.2) is 107 Å². The number of phenols is 2. The number of nitrogen functional groups attached to an aromatic ring is 1. The Kier molecular flexibility index (Phi) is 10.8. The van der Waals surface area contributed by atoms with Gasteiger partial charge in [-0.25, -0.2) is 14.6 Å². The second kappa shape index (κ2) is 14.5. The van der Waals surface area contributed by atoms with Crippen LogP contribution in [0.1, 0.15) is 36.3 Å². The van der Waals surface area contributed by atoms with E-state index in [1.807, 2.05) is 0 Å². The third-order valence-electron chi connectivity index (χ3n) is 6.86. The van der Waals surface area contributed by atoms with Gasteiger partial charge in [0.15, 0.2) is 22.3 Å². The molecule has 2 aliphatic rings. The van der Waals surface area contributed by atoms with E-state index in [2.05, 4.69) is 42.0 Å². The number of nitrogens with two attached hydrogens (primary N) is 1. The minimum absolute atomic E-state index is 0.0180. The zero-order valence-corrected chi connectivity index (χ0v) is 28.2. The first kappa shape index (κ1) is 36.0. The number of hydrogen-bond donors (Lipinski definition) is 8. The average molecular weight is 771 g/mol. The Bertz CT molecular complexity index is 1740. The third kappa shape index (κ3) is 7.80. The lowest BCUT2D eigenvalue weighted by Gasteiger charge is -2.49. The second-order valence-corrected chi connectivity index (χ2v) is 13.5. The van der Waals surface area contributed by atoms with E-state index >= 15 is 0 Å². The molecule has 2 atom stereocenters. The van der Waals surface area contributed by atoms with E-state index in [0.29, 0.717) is 5.57 Å². The molecule has 21 heteroatoms. The largest absolute Gasteiger partial charge is 0.504 e. The van der Waals surface area contributed by atoms with E-state index in [9.17, 15) is 49.2 Å². The molecule has 48 heavy (non-hydrogen) atoms. The normalized spacial score (nSPS) is 17.6. The Balaban J connectivity index is 1.37. The Morgan fingerprint density at radius 3 is 2.50 bits per heavy atom. The molecule has 1 aromatic heterocycles. The minimum Gasteiger partial charge on any atom is -0.504 e. The minimum atomic E-state index is -1.81. The molecule has 0 aliphatic carbocycles. The van der Waals surface area contributed by atoms with Crippen LogP contribution in [0.4, 0.5) is 5.13 Å². The number of thiazole rings is 1. The van der Waals surface area contributed by atoms with Crippen LogP contribution in [0.2, 0.25) is 0 Å². The molecule has 0 spiro atoms. The van der Waals surface area contributed by atoms with Crippen LogP contribution in [0.25, 0.3) is 0 Å². The number of phenolic OH excluding ortho intramolecular Hbond substituents is 2. The molecule has 0 bridgehead atoms. The fourth-order valence-electron chi connectivity index (χ4n) is 4.28. The molecule has 256 valence electrons. The van der Waals surface area contributed by atoms with Crippen LogP contribution in [0.15, 0.2) is 38.4 Å². The number of aromatic nitrogens is 1. The zero-order chi connectivity index (χ0) is 35.5. The molecule has 1 unspecified atom stereocenters. The number of benzene rings is 1. The van der Waals surface area contributed by atoms with Gasteiger partial charge in [-0.15, -0.1) is 23.1 Å². The van der Waals surface area contributed by atoms with Gasteiger partial charge in [0.05, 0.1) is 11.0 Å². The number of carbonyl (C=O) groups is 6. The summed E-state index contributed by atoms with van der Waals surface area (Å²) in [6.45, 7) is 1.96. The first-order chi connectivity index (χ1) is 22.5. The molecule has 4 rings (SSSR count). The zero-order valence-electron chi connectivity index (χ0n) is 25.0. The first-order valence-corrected chi connectivity index (χ1v) is 16.4. The van der Waals surface area contributed by atoms with Gasteiger partial charge in [-0.1, -0.05) is 5.16 Å². The standard InChI is InChI=1S/C27H28BrN7O11S2/c1-27(2,25(44)45)46-34-16(13-9-48-26(29)32-13)21(40)33-17-22(41)35-18(24(42)43)10(8-47-23(17)35)3-4-30-15(37)7-31-20(39)11-5-12(28)19(38)14(36)6-11/h5-6,9,17,23,36,38H,3-4,7-8H2,1-2H3,(H2,29,32)(H,30,37)(H,31,39)(H,33,40)(H,42,43)(H,44,45)/b34-16-/t17-,23?/m1/s1. The van der Waals surface area contributed by atoms with Gasteiger partial charge in [0.2, 0.25) is 11.5 Å². The highest BCUT2D eigenvalue weighted by atomic mass is 79.9. The summed E-state index contributed by atoms with van der Waals surface area (Å²) in [7, 11) is 0. The smallest absolute Gasteiger partial charge is 0.352 e. The summed E-state index contributed by atoms with van der Waals surface area (Å²) in [4.78, 5) is 84.8. The molecule has 4 amide bonds. The van der Waals surface area contributed by atoms with Crippen molar-refractivity contribution < 1.29 is 54.0 Å². The second-order valence-electron chi connectivity index (χ2n) is 10.6. The maximum absolute atomic E-state index is 13.2. The Morgan fingerprint density at radius 2 is 1.90 bits per heavy atom. The number of anilines is 1. The summed E-state index contributed by atoms with van der Waals surface area (Å²) in [5.74, 6) is -6.53. The van der Waals surface area contributed by atoms with E-state index in [4.69, 9.17) is 10.6 Å². The van der Waals surface area contributed by atoms with Gasteiger partial charge in [0, 0.05) is 23.2 Å². The van der Waals surface area contributed by atoms with Crippen molar-refractivity contribution >= 4 is 85.4 Å². The van der Waals surface area contributed by atoms with Gasteiger partial charge < -0.3 is 46.9 Å². The number of carboxylic acids is 2. The molecule has 2 aliphatic heterocycles. The van der Waals surface area contributed by atoms with Gasteiger partial charge in [-0.05, 0) is 53.9 Å². The van der Waals surface area contributed by atoms with E-state index in [-0.39, 0.29) is 45.3 Å². The van der Waals surface area contributed by atoms with Crippen molar-refractivity contribution in [3.8, 4) is 11.5 Å². The Hall–Kier alpha value is -4.89. The maximum Gasteiger partial charge on any atom is 0.352 e. The highest BCUT2D eigenvalue weighted by Gasteiger charge is 2.54. The highest BCUT2D eigenvalue weighted by Crippen LogP contribution is 2.41. The number of carboxylic acid groups (broad SMARTS) is 2. The molecule has 9 N–H and O–H groups in total. The molecule has 0 radical (unpaired) electrons. The number of aromatic hydroxyl groups is 2. The van der Waals surface area contributed by atoms with Crippen LogP contribution < -0.4 is 21.7 Å². The molecule has 0 saturated carbocycles. The van der Waals surface area contributed by atoms with Gasteiger partial charge in [-0.2, -0.15) is 0 Å². The summed E-state index contributed by atoms with van der Waals surface area (Å²) >= 11 is 5.16. The quantitative estimate of drug-likeness (QED) is 0.0583. The van der Waals surface area contributed by atoms with Crippen molar-refractivity contribution in [3.05, 3.63) is 44.5 Å². The number of carbonyl (C=O) groups excluding carboxylic acids is 4. The molecule has 3 heterocycles. The van der Waals surface area contributed by atoms with Gasteiger partial charge >= 0.3 is 11.9 Å². The maximum atomic E-state index is 13.2. The van der Waals surface area contributed by atoms with Crippen molar-refractivity contribution in [2.75, 3.05) is 24.6 Å². The molecule has 1 fully saturated rings. The highest BCUT2D eigenvalue weighted by molar-refractivity contribution is 9.10. The van der Waals surface area contributed by atoms with E-state index < -0.39 is 76.3 Å². The number of amides is 4. The number of thioether (sulfide) groups is 1. The number of rotatable bonds is 13. The van der Waals surface area contributed by atoms with E-state index in [0.717, 1.165) is 22.3 Å². The van der Waals surface area contributed by atoms with Crippen molar-refractivity contribution in [2.24, 2.45) is 5.16 Å². The van der Waals surface area contributed by atoms with Crippen LogP contribution >= 0.6 is 39.0 Å². The molecular formula is C27H28BrN7O11S2. The Morgan fingerprint density at radius 1 is 1.19 bits per heavy atom. The van der Waals surface area contributed by atoms with Crippen LogP contribution in [0.3, 0.4) is 0 Å². The van der Waals surface area contributed by atoms with Crippen molar-refractivity contribution in [2.45, 2.75) is 37.3 Å². The van der Waals surface area contributed by atoms with Gasteiger partial charge in [0.25, 0.3) is 17.7 Å². The summed E-state index contributed by atoms with van der Waals surface area (Å²) in [6.07, 6.45) is 0.0549. The van der Waals surface area contributed by atoms with E-state index in [1.165, 1.54) is 37.1 Å². The third-order valence-corrected chi connectivity index (χ3v) is 9.48. The SMILES string of the molecule is CC(C)(O/N=C(\C(=O)N[C@@H]1C(=O)N2C(C(=O)O)=C(CCNC(=O)CNC(=O)c3cc(O)c(O)c(Br)c3)CSC12)c1csc(N)n1)C(=O)O. The van der Waals surface area contributed by atoms with Crippen LogP contribution in [0, 0.1) is 0 Å². The molecule has 1 aromatic carbocycles. The molecule has 2 aromatic rings. The number of oxime groups is 1. The summed E-state index contributed by atoms with van der Waals surface area (Å²) in [5, 5.41) is 50.3. The Labute approximate surface area is 287 Å². The number of nitrogens with zero attached hydrogens (tertiary/aromatic N) is 3. The van der Waals surface area contributed by atoms with Crippen molar-refractivity contribution in [1.29, 1.82) is 0 Å². The lowest BCUT2D eigenvalue weighted by molar-refractivity contribution is -0.161. The van der Waals surface area contributed by atoms with Crippen LogP contribution in [-0.2, 0) is 28.8 Å². The van der Waals surface area contributed by atoms with Crippen molar-refractivity contribution in [1.82, 2.24) is 25.8 Å². The number of β-lactam (4-membered cyclic amide) rings is 1. The number of nitrogens with one attached hydrogen (secondary N) is 3. The average Bonchev–Trinajstić information content (AvgIpc) is 3.45. The van der Waals surface area contributed by atoms with Crippen molar-refractivity contribution in [3.63, 3.8) is 0 Å². The monoisotopic (exact) mass is 769 g/mol. The fourth-order valence-corrected chi connectivity index (χ4v) is 6.66. The van der Waals surface area contributed by atoms with Crippen LogP contribution in [0.5, 0.6) is 11.5 Å². The summed E-state index contributed by atoms with van der Waals surface area (Å²) in [5.41, 5.74) is 3.43. The number of fused-ring (bicyclic) bond motifs is 1. The van der Waals surface area contributed by atoms with Gasteiger partial charge in [0.1, 0.15) is 22.8 Å². The first-order valence-electron chi connectivity index (χ1n) is 13.7. The molecule has 18 nitrogen and oxygen atoms in total. The molecular weight excluding hydrogens is 742 g/mol. The topological polar surface area (TPSA) is 283 Å².